The highest BCUT2D eigenvalue weighted by Crippen LogP contribution is 2.18. The third kappa shape index (κ3) is 7.25. The van der Waals surface area contributed by atoms with Gasteiger partial charge in [-0.2, -0.15) is 9.67 Å². The van der Waals surface area contributed by atoms with E-state index >= 15 is 0 Å². The van der Waals surface area contributed by atoms with Crippen LogP contribution in [0.25, 0.3) is 0 Å². The molecule has 0 aliphatic carbocycles. The van der Waals surface area contributed by atoms with Gasteiger partial charge in [0.15, 0.2) is 6.10 Å². The number of carbonyl (C=O) groups is 1. The zero-order chi connectivity index (χ0) is 26.7. The molecule has 9 heteroatoms. The van der Waals surface area contributed by atoms with Crippen LogP contribution in [-0.4, -0.2) is 40.0 Å². The molecule has 0 fully saturated rings. The highest BCUT2D eigenvalue weighted by Gasteiger charge is 2.23. The largest absolute Gasteiger partial charge is 0.494 e. The first-order valence-electron chi connectivity index (χ1n) is 12.7. The van der Waals surface area contributed by atoms with Gasteiger partial charge in [0, 0.05) is 13.1 Å². The molecule has 9 nitrogen and oxygen atoms in total. The average molecular weight is 516 g/mol. The molecule has 0 saturated heterocycles. The Labute approximate surface area is 222 Å². The molecular weight excluding hydrogens is 482 g/mol. The number of benzene rings is 3. The highest BCUT2D eigenvalue weighted by atomic mass is 16.5. The molecule has 0 aliphatic rings. The van der Waals surface area contributed by atoms with Gasteiger partial charge in [-0.3, -0.25) is 4.79 Å². The van der Waals surface area contributed by atoms with Crippen LogP contribution in [0.3, 0.4) is 0 Å². The second-order valence-corrected chi connectivity index (χ2v) is 8.44. The van der Waals surface area contributed by atoms with Crippen LogP contribution >= 0.6 is 0 Å². The quantitative estimate of drug-likeness (QED) is 0.244. The fourth-order valence-corrected chi connectivity index (χ4v) is 3.68. The van der Waals surface area contributed by atoms with Crippen LogP contribution in [0.15, 0.2) is 78.9 Å². The zero-order valence-corrected chi connectivity index (χ0v) is 21.9. The molecule has 38 heavy (non-hydrogen) atoms. The van der Waals surface area contributed by atoms with Crippen molar-refractivity contribution >= 4 is 17.8 Å². The van der Waals surface area contributed by atoms with E-state index in [1.54, 1.807) is 19.1 Å². The van der Waals surface area contributed by atoms with Gasteiger partial charge in [0.2, 0.25) is 11.9 Å². The predicted molar refractivity (Wildman–Crippen MR) is 147 cm³/mol. The monoisotopic (exact) mass is 515 g/mol. The van der Waals surface area contributed by atoms with Gasteiger partial charge in [-0.15, -0.1) is 5.10 Å². The molecule has 2 N–H and O–H groups in total. The second-order valence-electron chi connectivity index (χ2n) is 8.44. The van der Waals surface area contributed by atoms with Crippen molar-refractivity contribution in [1.82, 2.24) is 14.8 Å². The van der Waals surface area contributed by atoms with E-state index in [-0.39, 0.29) is 5.91 Å². The fraction of sp³-hybridized carbons (Fsp3) is 0.276. The maximum absolute atomic E-state index is 13.3. The number of aromatic nitrogens is 3. The fourth-order valence-electron chi connectivity index (χ4n) is 3.68. The standard InChI is InChI=1S/C29H33N5O4/c1-4-36-24-15-11-22(12-16-24)19-30-28-32-29(31-20-23-13-17-25(18-14-23)37-5-2)34(33-28)27(35)21(3)38-26-9-7-6-8-10-26/h6-18,21H,4-5,19-20H2,1-3H3,(H2,30,31,32,33). The summed E-state index contributed by atoms with van der Waals surface area (Å²) in [5, 5.41) is 10.9. The number of para-hydroxylation sites is 1. The lowest BCUT2D eigenvalue weighted by Gasteiger charge is -2.14. The summed E-state index contributed by atoms with van der Waals surface area (Å²) in [4.78, 5) is 17.9. The topological polar surface area (TPSA) is 99.5 Å². The van der Waals surface area contributed by atoms with Gasteiger partial charge in [-0.1, -0.05) is 42.5 Å². The van der Waals surface area contributed by atoms with Crippen molar-refractivity contribution < 1.29 is 19.0 Å². The van der Waals surface area contributed by atoms with Crippen molar-refractivity contribution in [1.29, 1.82) is 0 Å². The first-order chi connectivity index (χ1) is 18.6. The lowest BCUT2D eigenvalue weighted by Crippen LogP contribution is -2.31. The summed E-state index contributed by atoms with van der Waals surface area (Å²) in [5.41, 5.74) is 2.04. The van der Waals surface area contributed by atoms with E-state index in [4.69, 9.17) is 14.2 Å². The van der Waals surface area contributed by atoms with Gasteiger partial charge < -0.3 is 24.8 Å². The molecule has 1 heterocycles. The van der Waals surface area contributed by atoms with Crippen molar-refractivity contribution in [2.45, 2.75) is 40.0 Å². The van der Waals surface area contributed by atoms with Gasteiger partial charge in [-0.25, -0.2) is 0 Å². The maximum Gasteiger partial charge on any atom is 0.290 e. The van der Waals surface area contributed by atoms with E-state index in [2.05, 4.69) is 20.7 Å². The summed E-state index contributed by atoms with van der Waals surface area (Å²) >= 11 is 0. The molecule has 1 atom stereocenters. The summed E-state index contributed by atoms with van der Waals surface area (Å²) in [6.45, 7) is 7.75. The van der Waals surface area contributed by atoms with Crippen molar-refractivity contribution in [3.05, 3.63) is 90.0 Å². The number of nitrogens with zero attached hydrogens (tertiary/aromatic N) is 3. The Morgan fingerprint density at radius 3 is 1.89 bits per heavy atom. The van der Waals surface area contributed by atoms with Crippen LogP contribution < -0.4 is 24.8 Å². The molecule has 4 aromatic rings. The molecular formula is C29H33N5O4. The van der Waals surface area contributed by atoms with Gasteiger partial charge in [0.1, 0.15) is 17.2 Å². The van der Waals surface area contributed by atoms with Crippen LogP contribution in [0.5, 0.6) is 17.2 Å². The predicted octanol–water partition coefficient (Wildman–Crippen LogP) is 5.41. The SMILES string of the molecule is CCOc1ccc(CNc2nc(NCc3ccc(OCC)cc3)n(C(=O)C(C)Oc3ccccc3)n2)cc1. The molecule has 0 radical (unpaired) electrons. The number of carbonyl (C=O) groups excluding carboxylic acids is 1. The summed E-state index contributed by atoms with van der Waals surface area (Å²) < 4.78 is 18.1. The number of nitrogens with one attached hydrogen (secondary N) is 2. The Balaban J connectivity index is 1.48. The molecule has 0 saturated carbocycles. The summed E-state index contributed by atoms with van der Waals surface area (Å²) in [5.74, 6) is 2.53. The second kappa shape index (κ2) is 13.1. The molecule has 3 aromatic carbocycles. The van der Waals surface area contributed by atoms with E-state index in [9.17, 15) is 4.79 Å². The average Bonchev–Trinajstić information content (AvgIpc) is 3.36. The molecule has 0 amide bonds. The highest BCUT2D eigenvalue weighted by molar-refractivity contribution is 5.85. The van der Waals surface area contributed by atoms with E-state index < -0.39 is 6.10 Å². The van der Waals surface area contributed by atoms with Crippen molar-refractivity contribution in [2.75, 3.05) is 23.8 Å². The lowest BCUT2D eigenvalue weighted by atomic mass is 10.2. The van der Waals surface area contributed by atoms with Crippen LogP contribution in [0, 0.1) is 0 Å². The Morgan fingerprint density at radius 1 is 0.789 bits per heavy atom. The molecule has 0 bridgehead atoms. The van der Waals surface area contributed by atoms with Crippen molar-refractivity contribution in [3.8, 4) is 17.2 Å². The molecule has 0 aliphatic heterocycles. The molecule has 4 rings (SSSR count). The van der Waals surface area contributed by atoms with E-state index in [0.717, 1.165) is 22.6 Å². The number of rotatable bonds is 13. The van der Waals surface area contributed by atoms with Crippen LogP contribution in [0.2, 0.25) is 0 Å². The Morgan fingerprint density at radius 2 is 1.34 bits per heavy atom. The number of hydrogen-bond acceptors (Lipinski definition) is 8. The number of hydrogen-bond donors (Lipinski definition) is 2. The number of ether oxygens (including phenoxy) is 3. The van der Waals surface area contributed by atoms with Crippen LogP contribution in [0.4, 0.5) is 11.9 Å². The molecule has 198 valence electrons. The zero-order valence-electron chi connectivity index (χ0n) is 21.9. The van der Waals surface area contributed by atoms with Crippen molar-refractivity contribution in [2.24, 2.45) is 0 Å². The van der Waals surface area contributed by atoms with Crippen LogP contribution in [0.1, 0.15) is 36.7 Å². The Kier molecular flexibility index (Phi) is 9.17. The van der Waals surface area contributed by atoms with E-state index in [1.165, 1.54) is 4.68 Å². The molecule has 1 aromatic heterocycles. The van der Waals surface area contributed by atoms with Gasteiger partial charge in [0.25, 0.3) is 5.91 Å². The summed E-state index contributed by atoms with van der Waals surface area (Å²) in [6.07, 6.45) is -0.774. The third-order valence-electron chi connectivity index (χ3n) is 5.59. The van der Waals surface area contributed by atoms with Gasteiger partial charge in [-0.05, 0) is 68.3 Å². The normalized spacial score (nSPS) is 11.4. The third-order valence-corrected chi connectivity index (χ3v) is 5.59. The van der Waals surface area contributed by atoms with Crippen molar-refractivity contribution in [3.63, 3.8) is 0 Å². The van der Waals surface area contributed by atoms with E-state index in [1.807, 2.05) is 80.6 Å². The summed E-state index contributed by atoms with van der Waals surface area (Å²) in [6, 6.07) is 24.8. The van der Waals surface area contributed by atoms with E-state index in [0.29, 0.717) is 43.9 Å². The minimum Gasteiger partial charge on any atom is -0.494 e. The minimum atomic E-state index is -0.774. The maximum atomic E-state index is 13.3. The first kappa shape index (κ1) is 26.5. The molecule has 0 spiro atoms. The minimum absolute atomic E-state index is 0.321. The molecule has 1 unspecified atom stereocenters. The Bertz CT molecular complexity index is 1290. The first-order valence-corrected chi connectivity index (χ1v) is 12.7. The Hall–Kier alpha value is -4.53. The summed E-state index contributed by atoms with van der Waals surface area (Å²) in [7, 11) is 0. The van der Waals surface area contributed by atoms with Gasteiger partial charge >= 0.3 is 0 Å². The van der Waals surface area contributed by atoms with Gasteiger partial charge in [0.05, 0.1) is 13.2 Å². The smallest absolute Gasteiger partial charge is 0.290 e. The number of anilines is 2. The van der Waals surface area contributed by atoms with Crippen LogP contribution in [-0.2, 0) is 13.1 Å². The lowest BCUT2D eigenvalue weighted by molar-refractivity contribution is 0.0713.